The Kier molecular flexibility index (Phi) is 6.09. The lowest BCUT2D eigenvalue weighted by Crippen LogP contribution is -2.40. The van der Waals surface area contributed by atoms with Crippen LogP contribution in [0.15, 0.2) is 22.7 Å². The zero-order valence-corrected chi connectivity index (χ0v) is 15.7. The molecule has 9 heteroatoms. The minimum Gasteiger partial charge on any atom is -0.338 e. The van der Waals surface area contributed by atoms with Crippen LogP contribution in [0.5, 0.6) is 0 Å². The molecule has 1 saturated carbocycles. The van der Waals surface area contributed by atoms with Crippen LogP contribution in [-0.2, 0) is 4.79 Å². The topological polar surface area (TPSA) is 88.9 Å². The predicted molar refractivity (Wildman–Crippen MR) is 98.8 cm³/mol. The quantitative estimate of drug-likeness (QED) is 0.543. The Hall–Kier alpha value is -1.87. The Morgan fingerprint density at radius 1 is 1.40 bits per heavy atom. The Morgan fingerprint density at radius 2 is 2.24 bits per heavy atom. The molecule has 1 aliphatic carbocycles. The van der Waals surface area contributed by atoms with Crippen LogP contribution in [0.25, 0.3) is 10.7 Å². The zero-order chi connectivity index (χ0) is 17.6. The summed E-state index contributed by atoms with van der Waals surface area (Å²) in [6.07, 6.45) is 4.10. The Bertz CT molecular complexity index is 725. The second kappa shape index (κ2) is 8.48. The summed E-state index contributed by atoms with van der Waals surface area (Å²) in [5, 5.41) is 16.3. The van der Waals surface area contributed by atoms with E-state index in [-0.39, 0.29) is 11.7 Å². The highest BCUT2D eigenvalue weighted by molar-refractivity contribution is 7.99. The van der Waals surface area contributed by atoms with Gasteiger partial charge in [0.05, 0.1) is 10.6 Å². The molecule has 0 bridgehead atoms. The zero-order valence-electron chi connectivity index (χ0n) is 14.0. The molecular weight excluding hydrogens is 358 g/mol. The van der Waals surface area contributed by atoms with Crippen molar-refractivity contribution < 1.29 is 9.59 Å². The molecule has 2 aromatic heterocycles. The molecule has 134 valence electrons. The van der Waals surface area contributed by atoms with E-state index in [1.165, 1.54) is 11.8 Å². The van der Waals surface area contributed by atoms with Crippen molar-refractivity contribution in [2.45, 2.75) is 43.8 Å². The molecular formula is C16H21N5O2S2. The van der Waals surface area contributed by atoms with Gasteiger partial charge in [0.2, 0.25) is 5.91 Å². The maximum Gasteiger partial charge on any atom is 0.321 e. The Morgan fingerprint density at radius 3 is 2.92 bits per heavy atom. The van der Waals surface area contributed by atoms with Crippen LogP contribution in [0.1, 0.15) is 38.6 Å². The van der Waals surface area contributed by atoms with Crippen molar-refractivity contribution >= 4 is 35.0 Å². The lowest BCUT2D eigenvalue weighted by atomic mass is 10.3. The first-order valence-corrected chi connectivity index (χ1v) is 10.2. The lowest BCUT2D eigenvalue weighted by molar-refractivity contribution is -0.117. The molecule has 3 rings (SSSR count). The first-order chi connectivity index (χ1) is 12.2. The summed E-state index contributed by atoms with van der Waals surface area (Å²) in [6.45, 7) is 2.62. The number of rotatable bonds is 8. The molecule has 1 aliphatic rings. The van der Waals surface area contributed by atoms with Crippen LogP contribution in [0.3, 0.4) is 0 Å². The maximum atomic E-state index is 11.9. The largest absolute Gasteiger partial charge is 0.338 e. The monoisotopic (exact) mass is 379 g/mol. The molecule has 0 spiro atoms. The number of thiophene rings is 1. The Labute approximate surface area is 154 Å². The fraction of sp³-hybridized carbons (Fsp3) is 0.500. The number of carbonyl (C=O) groups excluding carboxylic acids is 2. The highest BCUT2D eigenvalue weighted by Crippen LogP contribution is 2.41. The molecule has 0 atom stereocenters. The smallest absolute Gasteiger partial charge is 0.321 e. The molecule has 0 aromatic carbocycles. The number of nitrogens with one attached hydrogen (secondary N) is 2. The summed E-state index contributed by atoms with van der Waals surface area (Å²) >= 11 is 2.94. The number of aromatic nitrogens is 3. The van der Waals surface area contributed by atoms with E-state index in [0.29, 0.717) is 12.6 Å². The van der Waals surface area contributed by atoms with Gasteiger partial charge in [0.25, 0.3) is 0 Å². The fourth-order valence-corrected chi connectivity index (χ4v) is 3.84. The average molecular weight is 380 g/mol. The van der Waals surface area contributed by atoms with Crippen molar-refractivity contribution in [1.29, 1.82) is 0 Å². The van der Waals surface area contributed by atoms with Gasteiger partial charge in [0, 0.05) is 12.6 Å². The number of carbonyl (C=O) groups is 2. The van der Waals surface area contributed by atoms with Gasteiger partial charge in [-0.25, -0.2) is 4.79 Å². The normalized spacial score (nSPS) is 13.6. The second-order valence-corrected chi connectivity index (χ2v) is 7.72. The number of imide groups is 1. The summed E-state index contributed by atoms with van der Waals surface area (Å²) in [7, 11) is 0. The number of urea groups is 1. The fourth-order valence-electron chi connectivity index (χ4n) is 2.33. The minimum absolute atomic E-state index is 0.135. The molecule has 0 aliphatic heterocycles. The Balaban J connectivity index is 1.56. The van der Waals surface area contributed by atoms with E-state index in [2.05, 4.69) is 25.4 Å². The van der Waals surface area contributed by atoms with E-state index in [9.17, 15) is 9.59 Å². The minimum atomic E-state index is -0.443. The number of hydrogen-bond acceptors (Lipinski definition) is 6. The third kappa shape index (κ3) is 4.82. The number of nitrogens with zero attached hydrogens (tertiary/aromatic N) is 3. The maximum absolute atomic E-state index is 11.9. The van der Waals surface area contributed by atoms with Crippen LogP contribution in [0.4, 0.5) is 4.79 Å². The molecule has 2 aromatic rings. The van der Waals surface area contributed by atoms with Crippen molar-refractivity contribution in [3.63, 3.8) is 0 Å². The summed E-state index contributed by atoms with van der Waals surface area (Å²) in [5.41, 5.74) is 0. The van der Waals surface area contributed by atoms with Crippen LogP contribution >= 0.6 is 23.1 Å². The van der Waals surface area contributed by atoms with E-state index in [4.69, 9.17) is 0 Å². The molecule has 2 heterocycles. The van der Waals surface area contributed by atoms with E-state index in [1.807, 2.05) is 24.4 Å². The summed E-state index contributed by atoms with van der Waals surface area (Å²) < 4.78 is 2.12. The van der Waals surface area contributed by atoms with Crippen molar-refractivity contribution in [3.05, 3.63) is 17.5 Å². The van der Waals surface area contributed by atoms with Crippen LogP contribution in [0.2, 0.25) is 0 Å². The van der Waals surface area contributed by atoms with E-state index < -0.39 is 6.03 Å². The third-order valence-corrected chi connectivity index (χ3v) is 5.53. The predicted octanol–water partition coefficient (Wildman–Crippen LogP) is 3.06. The SMILES string of the molecule is CCCCNC(=O)NC(=O)CSc1nnc(-c2cccs2)n1C1CC1. The van der Waals surface area contributed by atoms with Gasteiger partial charge >= 0.3 is 6.03 Å². The summed E-state index contributed by atoms with van der Waals surface area (Å²) in [6, 6.07) is 3.98. The third-order valence-electron chi connectivity index (χ3n) is 3.72. The number of thioether (sulfide) groups is 1. The van der Waals surface area contributed by atoms with Gasteiger partial charge in [-0.05, 0) is 30.7 Å². The van der Waals surface area contributed by atoms with Crippen molar-refractivity contribution in [1.82, 2.24) is 25.4 Å². The molecule has 25 heavy (non-hydrogen) atoms. The van der Waals surface area contributed by atoms with Gasteiger partial charge in [-0.3, -0.25) is 14.7 Å². The first kappa shape index (κ1) is 17.9. The van der Waals surface area contributed by atoms with Gasteiger partial charge < -0.3 is 5.32 Å². The van der Waals surface area contributed by atoms with E-state index in [0.717, 1.165) is 41.5 Å². The highest BCUT2D eigenvalue weighted by Gasteiger charge is 2.30. The van der Waals surface area contributed by atoms with E-state index in [1.54, 1.807) is 11.3 Å². The number of hydrogen-bond donors (Lipinski definition) is 2. The molecule has 0 saturated heterocycles. The lowest BCUT2D eigenvalue weighted by Gasteiger charge is -2.08. The van der Waals surface area contributed by atoms with Gasteiger partial charge in [-0.1, -0.05) is 31.2 Å². The average Bonchev–Trinajstić information content (AvgIpc) is 3.11. The standard InChI is InChI=1S/C16H21N5O2S2/c1-2-3-8-17-15(23)18-13(22)10-25-16-20-19-14(12-5-4-9-24-12)21(16)11-6-7-11/h4-5,9,11H,2-3,6-8,10H2,1H3,(H2,17,18,22,23). The van der Waals surface area contributed by atoms with Crippen LogP contribution in [-0.4, -0.2) is 39.0 Å². The number of amides is 3. The molecule has 3 amide bonds. The van der Waals surface area contributed by atoms with Crippen LogP contribution < -0.4 is 10.6 Å². The van der Waals surface area contributed by atoms with Gasteiger partial charge in [-0.2, -0.15) is 0 Å². The van der Waals surface area contributed by atoms with Crippen molar-refractivity contribution in [2.75, 3.05) is 12.3 Å². The van der Waals surface area contributed by atoms with Crippen molar-refractivity contribution in [2.24, 2.45) is 0 Å². The molecule has 2 N–H and O–H groups in total. The van der Waals surface area contributed by atoms with E-state index >= 15 is 0 Å². The highest BCUT2D eigenvalue weighted by atomic mass is 32.2. The second-order valence-electron chi connectivity index (χ2n) is 5.83. The van der Waals surface area contributed by atoms with Gasteiger partial charge in [-0.15, -0.1) is 21.5 Å². The molecule has 1 fully saturated rings. The van der Waals surface area contributed by atoms with Gasteiger partial charge in [0.15, 0.2) is 11.0 Å². The molecule has 7 nitrogen and oxygen atoms in total. The summed E-state index contributed by atoms with van der Waals surface area (Å²) in [5.74, 6) is 0.663. The first-order valence-electron chi connectivity index (χ1n) is 8.38. The van der Waals surface area contributed by atoms with Crippen molar-refractivity contribution in [3.8, 4) is 10.7 Å². The van der Waals surface area contributed by atoms with Gasteiger partial charge in [0.1, 0.15) is 0 Å². The summed E-state index contributed by atoms with van der Waals surface area (Å²) in [4.78, 5) is 24.6. The molecule has 0 unspecified atom stereocenters. The number of unbranched alkanes of at least 4 members (excludes halogenated alkanes) is 1. The molecule has 0 radical (unpaired) electrons. The van der Waals surface area contributed by atoms with Crippen LogP contribution in [0, 0.1) is 0 Å².